The molecule has 3 saturated heterocycles. The number of thioether (sulfide) groups is 1. The number of hydrogen-bond donors (Lipinski definition) is 1. The quantitative estimate of drug-likeness (QED) is 0.840. The smallest absolute Gasteiger partial charge is 0.228 e. The molecule has 1 aromatic rings. The van der Waals surface area contributed by atoms with Crippen molar-refractivity contribution < 1.29 is 9.59 Å². The lowest BCUT2D eigenvalue weighted by Gasteiger charge is -2.30. The van der Waals surface area contributed by atoms with Gasteiger partial charge in [0, 0.05) is 42.2 Å². The van der Waals surface area contributed by atoms with E-state index in [-0.39, 0.29) is 17.7 Å². The third-order valence-electron chi connectivity index (χ3n) is 5.77. The number of benzene rings is 1. The summed E-state index contributed by atoms with van der Waals surface area (Å²) in [6.07, 6.45) is 5.60. The summed E-state index contributed by atoms with van der Waals surface area (Å²) in [5, 5.41) is 3.44. The first-order valence-electron chi connectivity index (χ1n) is 9.14. The summed E-state index contributed by atoms with van der Waals surface area (Å²) in [4.78, 5) is 30.7. The van der Waals surface area contributed by atoms with Crippen molar-refractivity contribution in [3.63, 3.8) is 0 Å². The van der Waals surface area contributed by atoms with Crippen LogP contribution in [0, 0.1) is 5.92 Å². The molecule has 2 bridgehead atoms. The number of rotatable bonds is 3. The fourth-order valence-electron chi connectivity index (χ4n) is 4.44. The fourth-order valence-corrected chi connectivity index (χ4v) is 4.85. The number of carbonyl (C=O) groups is 2. The van der Waals surface area contributed by atoms with E-state index in [4.69, 9.17) is 0 Å². The van der Waals surface area contributed by atoms with Crippen LogP contribution in [0.5, 0.6) is 0 Å². The van der Waals surface area contributed by atoms with E-state index < -0.39 is 0 Å². The Morgan fingerprint density at radius 2 is 1.92 bits per heavy atom. The Kier molecular flexibility index (Phi) is 4.73. The van der Waals surface area contributed by atoms with Gasteiger partial charge in [0.25, 0.3) is 0 Å². The first-order valence-corrected chi connectivity index (χ1v) is 10.4. The van der Waals surface area contributed by atoms with Crippen LogP contribution in [0.1, 0.15) is 25.7 Å². The van der Waals surface area contributed by atoms with Crippen molar-refractivity contribution in [3.8, 4) is 0 Å². The minimum absolute atomic E-state index is 0.0653. The molecule has 0 aromatic heterocycles. The van der Waals surface area contributed by atoms with E-state index in [0.717, 1.165) is 38.0 Å². The number of anilines is 1. The van der Waals surface area contributed by atoms with E-state index in [9.17, 15) is 9.59 Å². The Labute approximate surface area is 153 Å². The van der Waals surface area contributed by atoms with E-state index in [2.05, 4.69) is 10.2 Å². The van der Waals surface area contributed by atoms with Crippen LogP contribution >= 0.6 is 11.8 Å². The summed E-state index contributed by atoms with van der Waals surface area (Å²) in [5.41, 5.74) is 0.901. The molecule has 0 saturated carbocycles. The van der Waals surface area contributed by atoms with Crippen LogP contribution in [0.2, 0.25) is 0 Å². The van der Waals surface area contributed by atoms with E-state index in [1.165, 1.54) is 4.90 Å². The lowest BCUT2D eigenvalue weighted by molar-refractivity contribution is -0.138. The van der Waals surface area contributed by atoms with Gasteiger partial charge in [-0.1, -0.05) is 0 Å². The van der Waals surface area contributed by atoms with Gasteiger partial charge in [0.2, 0.25) is 11.8 Å². The minimum atomic E-state index is -0.200. The van der Waals surface area contributed by atoms with Gasteiger partial charge in [0.15, 0.2) is 0 Å². The average molecular weight is 359 g/mol. The van der Waals surface area contributed by atoms with Crippen LogP contribution in [-0.2, 0) is 9.59 Å². The van der Waals surface area contributed by atoms with Crippen LogP contribution in [-0.4, -0.2) is 54.7 Å². The van der Waals surface area contributed by atoms with Gasteiger partial charge in [-0.15, -0.1) is 11.8 Å². The second kappa shape index (κ2) is 7.00. The molecule has 3 atom stereocenters. The fraction of sp³-hybridized carbons (Fsp3) is 0.579. The molecule has 0 radical (unpaired) electrons. The van der Waals surface area contributed by atoms with Crippen molar-refractivity contribution in [3.05, 3.63) is 24.3 Å². The van der Waals surface area contributed by atoms with Crippen molar-refractivity contribution >= 4 is 29.3 Å². The predicted octanol–water partition coefficient (Wildman–Crippen LogP) is 2.11. The maximum absolute atomic E-state index is 13.2. The average Bonchev–Trinajstić information content (AvgIpc) is 3.13. The molecule has 25 heavy (non-hydrogen) atoms. The molecular weight excluding hydrogens is 334 g/mol. The molecule has 6 heteroatoms. The Morgan fingerprint density at radius 3 is 2.68 bits per heavy atom. The molecule has 5 nitrogen and oxygen atoms in total. The molecule has 2 amide bonds. The minimum Gasteiger partial charge on any atom is -0.335 e. The third kappa shape index (κ3) is 3.17. The lowest BCUT2D eigenvalue weighted by atomic mass is 10.1. The largest absolute Gasteiger partial charge is 0.335 e. The number of amides is 2. The van der Waals surface area contributed by atoms with Crippen LogP contribution in [0.15, 0.2) is 29.2 Å². The molecule has 3 aliphatic rings. The van der Waals surface area contributed by atoms with Crippen molar-refractivity contribution in [1.82, 2.24) is 10.2 Å². The second-order valence-electron chi connectivity index (χ2n) is 7.23. The number of nitrogens with zero attached hydrogens (tertiary/aromatic N) is 2. The zero-order valence-electron chi connectivity index (χ0n) is 14.6. The maximum Gasteiger partial charge on any atom is 0.228 e. The van der Waals surface area contributed by atoms with Gasteiger partial charge in [-0.2, -0.15) is 0 Å². The van der Waals surface area contributed by atoms with Gasteiger partial charge in [0.1, 0.15) is 0 Å². The molecule has 134 valence electrons. The SMILES string of the molecule is CSc1ccc(N2CC(C(=O)N3C4CCNCC3CC4)CC2=O)cc1. The molecule has 0 aliphatic carbocycles. The zero-order valence-corrected chi connectivity index (χ0v) is 15.4. The van der Waals surface area contributed by atoms with E-state index in [0.29, 0.717) is 25.0 Å². The van der Waals surface area contributed by atoms with Gasteiger partial charge >= 0.3 is 0 Å². The first kappa shape index (κ1) is 16.9. The second-order valence-corrected chi connectivity index (χ2v) is 8.11. The zero-order chi connectivity index (χ0) is 17.4. The van der Waals surface area contributed by atoms with E-state index in [1.807, 2.05) is 30.5 Å². The summed E-state index contributed by atoms with van der Waals surface area (Å²) in [6.45, 7) is 2.39. The molecule has 1 N–H and O–H groups in total. The normalized spacial score (nSPS) is 29.2. The van der Waals surface area contributed by atoms with E-state index >= 15 is 0 Å². The number of nitrogens with one attached hydrogen (secondary N) is 1. The Balaban J connectivity index is 1.48. The highest BCUT2D eigenvalue weighted by Crippen LogP contribution is 2.33. The van der Waals surface area contributed by atoms with Crippen LogP contribution in [0.25, 0.3) is 0 Å². The maximum atomic E-state index is 13.2. The van der Waals surface area contributed by atoms with Crippen molar-refractivity contribution in [2.75, 3.05) is 30.8 Å². The molecule has 4 rings (SSSR count). The number of carbonyl (C=O) groups excluding carboxylic acids is 2. The van der Waals surface area contributed by atoms with Crippen LogP contribution in [0.3, 0.4) is 0 Å². The van der Waals surface area contributed by atoms with Crippen molar-refractivity contribution in [1.29, 1.82) is 0 Å². The van der Waals surface area contributed by atoms with Crippen molar-refractivity contribution in [2.45, 2.75) is 42.7 Å². The number of hydrogen-bond acceptors (Lipinski definition) is 4. The Morgan fingerprint density at radius 1 is 1.16 bits per heavy atom. The molecule has 3 aliphatic heterocycles. The van der Waals surface area contributed by atoms with Gasteiger partial charge < -0.3 is 15.1 Å². The molecule has 3 heterocycles. The molecule has 3 unspecified atom stereocenters. The van der Waals surface area contributed by atoms with Crippen molar-refractivity contribution in [2.24, 2.45) is 5.92 Å². The summed E-state index contributed by atoms with van der Waals surface area (Å²) in [6, 6.07) is 8.70. The highest BCUT2D eigenvalue weighted by atomic mass is 32.2. The number of fused-ring (bicyclic) bond motifs is 2. The standard InChI is InChI=1S/C19H25N3O2S/c1-25-17-6-4-14(5-7-17)21-12-13(10-18(21)23)19(24)22-15-2-3-16(22)11-20-9-8-15/h4-7,13,15-16,20H,2-3,8-12H2,1H3. The lowest BCUT2D eigenvalue weighted by Crippen LogP contribution is -2.46. The molecular formula is C19H25N3O2S. The van der Waals surface area contributed by atoms with Gasteiger partial charge in [-0.05, 0) is 56.3 Å². The van der Waals surface area contributed by atoms with Gasteiger partial charge in [-0.3, -0.25) is 9.59 Å². The summed E-state index contributed by atoms with van der Waals surface area (Å²) < 4.78 is 0. The van der Waals surface area contributed by atoms with Crippen LogP contribution < -0.4 is 10.2 Å². The topological polar surface area (TPSA) is 52.7 Å². The van der Waals surface area contributed by atoms with E-state index in [1.54, 1.807) is 16.7 Å². The summed E-state index contributed by atoms with van der Waals surface area (Å²) in [5.74, 6) is 0.0530. The molecule has 1 aromatic carbocycles. The highest BCUT2D eigenvalue weighted by molar-refractivity contribution is 7.98. The highest BCUT2D eigenvalue weighted by Gasteiger charge is 2.44. The summed E-state index contributed by atoms with van der Waals surface area (Å²) in [7, 11) is 0. The monoisotopic (exact) mass is 359 g/mol. The third-order valence-corrected chi connectivity index (χ3v) is 6.51. The van der Waals surface area contributed by atoms with Crippen LogP contribution in [0.4, 0.5) is 5.69 Å². The van der Waals surface area contributed by atoms with Gasteiger partial charge in [-0.25, -0.2) is 0 Å². The van der Waals surface area contributed by atoms with Gasteiger partial charge in [0.05, 0.1) is 5.92 Å². The Hall–Kier alpha value is -1.53. The predicted molar refractivity (Wildman–Crippen MR) is 99.8 cm³/mol. The first-order chi connectivity index (χ1) is 12.2. The molecule has 0 spiro atoms. The summed E-state index contributed by atoms with van der Waals surface area (Å²) >= 11 is 1.68. The molecule has 3 fully saturated rings. The Bertz CT molecular complexity index is 649.